The van der Waals surface area contributed by atoms with E-state index in [1.807, 2.05) is 0 Å². The number of hydrogen-bond acceptors (Lipinski definition) is 7. The Kier molecular flexibility index (Phi) is 4.58. The fourth-order valence-corrected chi connectivity index (χ4v) is 4.24. The Hall–Kier alpha value is -1.97. The van der Waals surface area contributed by atoms with Crippen molar-refractivity contribution in [3.05, 3.63) is 11.1 Å². The van der Waals surface area contributed by atoms with Crippen LogP contribution in [0.4, 0.5) is 18.7 Å². The van der Waals surface area contributed by atoms with E-state index in [9.17, 15) is 18.4 Å². The molecule has 0 bridgehead atoms. The third-order valence-electron chi connectivity index (χ3n) is 4.34. The van der Waals surface area contributed by atoms with Gasteiger partial charge >= 0.3 is 12.1 Å². The molecule has 0 N–H and O–H groups in total. The molecule has 0 radical (unpaired) electrons. The number of fused-ring (bicyclic) bond motifs is 1. The first kappa shape index (κ1) is 18.8. The summed E-state index contributed by atoms with van der Waals surface area (Å²) in [5, 5.41) is 1.80. The third kappa shape index (κ3) is 3.34. The second-order valence-corrected chi connectivity index (χ2v) is 8.21. The van der Waals surface area contributed by atoms with Crippen molar-refractivity contribution in [1.29, 1.82) is 0 Å². The van der Waals surface area contributed by atoms with Crippen molar-refractivity contribution in [1.82, 2.24) is 9.88 Å². The first-order chi connectivity index (χ1) is 12.0. The van der Waals surface area contributed by atoms with Crippen molar-refractivity contribution in [3.63, 3.8) is 0 Å². The van der Waals surface area contributed by atoms with E-state index >= 15 is 0 Å². The molecule has 0 spiro atoms. The molecule has 1 aromatic rings. The van der Waals surface area contributed by atoms with Crippen LogP contribution in [0.2, 0.25) is 0 Å². The van der Waals surface area contributed by atoms with Crippen molar-refractivity contribution >= 4 is 28.5 Å². The molecule has 2 atom stereocenters. The topological polar surface area (TPSA) is 72.0 Å². The number of ether oxygens (including phenoxy) is 2. The maximum atomic E-state index is 14.7. The SMILES string of the molecule is COC(=O)c1csc(N2CC[C@H]3[C@@H]2C(F)(F)CN3C(=O)OC(C)(C)C)n1. The van der Waals surface area contributed by atoms with E-state index in [1.54, 1.807) is 20.8 Å². The highest BCUT2D eigenvalue weighted by molar-refractivity contribution is 7.13. The lowest BCUT2D eigenvalue weighted by Gasteiger charge is -2.28. The third-order valence-corrected chi connectivity index (χ3v) is 5.22. The summed E-state index contributed by atoms with van der Waals surface area (Å²) in [5.41, 5.74) is -0.672. The van der Waals surface area contributed by atoms with Crippen LogP contribution in [0.1, 0.15) is 37.7 Å². The van der Waals surface area contributed by atoms with Crippen LogP contribution in [-0.4, -0.2) is 65.8 Å². The molecular weight excluding hydrogens is 368 g/mol. The van der Waals surface area contributed by atoms with Crippen LogP contribution < -0.4 is 4.90 Å². The second kappa shape index (κ2) is 6.33. The fourth-order valence-electron chi connectivity index (χ4n) is 3.38. The Morgan fingerprint density at radius 1 is 1.38 bits per heavy atom. The molecule has 2 aliphatic rings. The summed E-state index contributed by atoms with van der Waals surface area (Å²) in [5.74, 6) is -3.72. The number of rotatable bonds is 2. The van der Waals surface area contributed by atoms with Gasteiger partial charge in [-0.2, -0.15) is 0 Å². The van der Waals surface area contributed by atoms with Gasteiger partial charge in [-0.3, -0.25) is 4.90 Å². The molecule has 0 unspecified atom stereocenters. The number of alkyl halides is 2. The van der Waals surface area contributed by atoms with E-state index in [0.717, 1.165) is 16.2 Å². The van der Waals surface area contributed by atoms with Gasteiger partial charge in [-0.25, -0.2) is 23.4 Å². The maximum Gasteiger partial charge on any atom is 0.410 e. The number of esters is 1. The Bertz CT molecular complexity index is 719. The average molecular weight is 389 g/mol. The van der Waals surface area contributed by atoms with Crippen molar-refractivity contribution in [3.8, 4) is 0 Å². The quantitative estimate of drug-likeness (QED) is 0.725. The predicted octanol–water partition coefficient (Wildman–Crippen LogP) is 2.76. The summed E-state index contributed by atoms with van der Waals surface area (Å²) < 4.78 is 39.3. The number of hydrogen-bond donors (Lipinski definition) is 0. The van der Waals surface area contributed by atoms with E-state index in [0.29, 0.717) is 18.1 Å². The van der Waals surface area contributed by atoms with Crippen LogP contribution >= 0.6 is 11.3 Å². The summed E-state index contributed by atoms with van der Waals surface area (Å²) in [6, 6.07) is -1.85. The first-order valence-electron chi connectivity index (χ1n) is 8.21. The van der Waals surface area contributed by atoms with Gasteiger partial charge in [0.15, 0.2) is 10.8 Å². The van der Waals surface area contributed by atoms with Gasteiger partial charge in [-0.15, -0.1) is 11.3 Å². The number of likely N-dealkylation sites (tertiary alicyclic amines) is 1. The first-order valence-corrected chi connectivity index (χ1v) is 9.09. The van der Waals surface area contributed by atoms with Crippen molar-refractivity contribution in [2.24, 2.45) is 0 Å². The number of anilines is 1. The van der Waals surface area contributed by atoms with Crippen LogP contribution in [0, 0.1) is 0 Å². The van der Waals surface area contributed by atoms with Gasteiger partial charge in [0.1, 0.15) is 11.6 Å². The van der Waals surface area contributed by atoms with Crippen LogP contribution in [0.5, 0.6) is 0 Å². The van der Waals surface area contributed by atoms with Crippen LogP contribution in [0.15, 0.2) is 5.38 Å². The highest BCUT2D eigenvalue weighted by Crippen LogP contribution is 2.44. The number of aromatic nitrogens is 1. The lowest BCUT2D eigenvalue weighted by Crippen LogP contribution is -2.45. The van der Waals surface area contributed by atoms with Crippen molar-refractivity contribution < 1.29 is 27.8 Å². The highest BCUT2D eigenvalue weighted by Gasteiger charge is 2.62. The molecule has 1 aromatic heterocycles. The molecule has 10 heteroatoms. The largest absolute Gasteiger partial charge is 0.464 e. The van der Waals surface area contributed by atoms with Gasteiger partial charge in [-0.05, 0) is 27.2 Å². The molecule has 0 saturated carbocycles. The summed E-state index contributed by atoms with van der Waals surface area (Å²) >= 11 is 1.11. The van der Waals surface area contributed by atoms with Gasteiger partial charge < -0.3 is 14.4 Å². The molecule has 0 aromatic carbocycles. The summed E-state index contributed by atoms with van der Waals surface area (Å²) in [4.78, 5) is 30.6. The smallest absolute Gasteiger partial charge is 0.410 e. The number of carbonyl (C=O) groups excluding carboxylic acids is 2. The molecule has 26 heavy (non-hydrogen) atoms. The Labute approximate surface area is 153 Å². The molecule has 2 fully saturated rings. The minimum atomic E-state index is -3.10. The zero-order valence-corrected chi connectivity index (χ0v) is 15.8. The normalized spacial score (nSPS) is 24.5. The minimum Gasteiger partial charge on any atom is -0.464 e. The minimum absolute atomic E-state index is 0.0845. The van der Waals surface area contributed by atoms with Crippen LogP contribution in [0.3, 0.4) is 0 Å². The van der Waals surface area contributed by atoms with Crippen LogP contribution in [0.25, 0.3) is 0 Å². The molecular formula is C16H21F2N3O4S. The molecule has 2 aliphatic heterocycles. The lowest BCUT2D eigenvalue weighted by atomic mass is 10.1. The van der Waals surface area contributed by atoms with Gasteiger partial charge in [0.25, 0.3) is 5.92 Å². The molecule has 7 nitrogen and oxygen atoms in total. The van der Waals surface area contributed by atoms with Crippen molar-refractivity contribution in [2.75, 3.05) is 25.1 Å². The van der Waals surface area contributed by atoms with E-state index in [1.165, 1.54) is 17.4 Å². The summed E-state index contributed by atoms with van der Waals surface area (Å²) in [7, 11) is 1.23. The molecule has 3 rings (SSSR count). The van der Waals surface area contributed by atoms with Crippen molar-refractivity contribution in [2.45, 2.75) is 50.8 Å². The molecule has 0 aliphatic carbocycles. The number of nitrogens with zero attached hydrogens (tertiary/aromatic N) is 3. The van der Waals surface area contributed by atoms with Gasteiger partial charge in [0.05, 0.1) is 19.7 Å². The summed E-state index contributed by atoms with van der Waals surface area (Å²) in [6.07, 6.45) is -0.354. The molecule has 3 heterocycles. The van der Waals surface area contributed by atoms with Gasteiger partial charge in [0.2, 0.25) is 0 Å². The fraction of sp³-hybridized carbons (Fsp3) is 0.688. The Morgan fingerprint density at radius 3 is 2.69 bits per heavy atom. The van der Waals surface area contributed by atoms with E-state index in [4.69, 9.17) is 4.74 Å². The van der Waals surface area contributed by atoms with Gasteiger partial charge in [-0.1, -0.05) is 0 Å². The molecule has 1 amide bonds. The monoisotopic (exact) mass is 389 g/mol. The maximum absolute atomic E-state index is 14.7. The zero-order chi connectivity index (χ0) is 19.3. The predicted molar refractivity (Wildman–Crippen MR) is 90.9 cm³/mol. The molecule has 144 valence electrons. The van der Waals surface area contributed by atoms with E-state index < -0.39 is 42.2 Å². The molecule has 2 saturated heterocycles. The standard InChI is InChI=1S/C16H21F2N3O4S/c1-15(2,3)25-14(23)21-8-16(17,18)11-10(21)5-6-20(11)13-19-9(7-26-13)12(22)24-4/h7,10-11H,5-6,8H2,1-4H3/t10-,11+/m0/s1. The van der Waals surface area contributed by atoms with E-state index in [-0.39, 0.29) is 5.69 Å². The lowest BCUT2D eigenvalue weighted by molar-refractivity contribution is -0.0109. The number of thiazole rings is 1. The van der Waals surface area contributed by atoms with Gasteiger partial charge in [0, 0.05) is 11.9 Å². The van der Waals surface area contributed by atoms with Crippen LogP contribution in [-0.2, 0) is 9.47 Å². The zero-order valence-electron chi connectivity index (χ0n) is 15.0. The Balaban J connectivity index is 1.83. The number of carbonyl (C=O) groups is 2. The number of amides is 1. The Morgan fingerprint density at radius 2 is 2.08 bits per heavy atom. The highest BCUT2D eigenvalue weighted by atomic mass is 32.1. The average Bonchev–Trinajstić information content (AvgIpc) is 3.20. The number of halogens is 2. The summed E-state index contributed by atoms with van der Waals surface area (Å²) in [6.45, 7) is 4.71. The number of methoxy groups -OCH3 is 1. The second-order valence-electron chi connectivity index (χ2n) is 7.37. The van der Waals surface area contributed by atoms with E-state index in [2.05, 4.69) is 9.72 Å².